The molecule has 1 atom stereocenters. The summed E-state index contributed by atoms with van der Waals surface area (Å²) in [6.07, 6.45) is -0.727. The van der Waals surface area contributed by atoms with Crippen LogP contribution >= 0.6 is 0 Å². The van der Waals surface area contributed by atoms with Crippen LogP contribution in [0.2, 0.25) is 0 Å². The van der Waals surface area contributed by atoms with E-state index in [1.165, 1.54) is 24.3 Å². The van der Waals surface area contributed by atoms with E-state index in [-0.39, 0.29) is 10.8 Å². The first-order valence-corrected chi connectivity index (χ1v) is 12.1. The highest BCUT2D eigenvalue weighted by atomic mass is 32.2. The number of benzene rings is 3. The van der Waals surface area contributed by atoms with Gasteiger partial charge in [-0.05, 0) is 93.4 Å². The maximum absolute atomic E-state index is 12.7. The van der Waals surface area contributed by atoms with Crippen LogP contribution in [0.1, 0.15) is 25.0 Å². The van der Waals surface area contributed by atoms with Crippen LogP contribution in [-0.4, -0.2) is 27.0 Å². The lowest BCUT2D eigenvalue weighted by Gasteiger charge is -2.17. The van der Waals surface area contributed by atoms with Crippen LogP contribution in [0, 0.1) is 13.8 Å². The van der Waals surface area contributed by atoms with E-state index in [4.69, 9.17) is 9.47 Å². The number of ether oxygens (including phenoxy) is 2. The number of hydrogen-bond donors (Lipinski definition) is 2. The lowest BCUT2D eigenvalue weighted by molar-refractivity contribution is -0.122. The molecule has 0 fully saturated rings. The maximum atomic E-state index is 12.7. The Kier molecular flexibility index (Phi) is 7.60. The second kappa shape index (κ2) is 10.4. The molecule has 0 spiro atoms. The average Bonchev–Trinajstić information content (AvgIpc) is 2.78. The standard InChI is InChI=1S/C25H28N2O5S/c1-5-31-22-12-8-21(9-13-22)27-33(29,30)23-14-10-20(11-15-23)26-25(28)19(4)32-24-16-17(2)6-7-18(24)3/h6-16,19,27H,5H2,1-4H3,(H,26,28). The largest absolute Gasteiger partial charge is 0.494 e. The third kappa shape index (κ3) is 6.49. The summed E-state index contributed by atoms with van der Waals surface area (Å²) in [5.74, 6) is 0.981. The summed E-state index contributed by atoms with van der Waals surface area (Å²) in [4.78, 5) is 12.6. The Morgan fingerprint density at radius 3 is 2.21 bits per heavy atom. The molecule has 0 aliphatic rings. The van der Waals surface area contributed by atoms with Gasteiger partial charge >= 0.3 is 0 Å². The van der Waals surface area contributed by atoms with Crippen molar-refractivity contribution >= 4 is 27.3 Å². The molecule has 0 bridgehead atoms. The first-order chi connectivity index (χ1) is 15.7. The lowest BCUT2D eigenvalue weighted by atomic mass is 10.1. The molecule has 3 aromatic rings. The van der Waals surface area contributed by atoms with Gasteiger partial charge in [0, 0.05) is 11.4 Å². The second-order valence-corrected chi connectivity index (χ2v) is 9.29. The van der Waals surface area contributed by atoms with E-state index in [1.54, 1.807) is 31.2 Å². The zero-order valence-electron chi connectivity index (χ0n) is 19.1. The fourth-order valence-electron chi connectivity index (χ4n) is 3.04. The van der Waals surface area contributed by atoms with Gasteiger partial charge < -0.3 is 14.8 Å². The van der Waals surface area contributed by atoms with Crippen LogP contribution in [-0.2, 0) is 14.8 Å². The van der Waals surface area contributed by atoms with E-state index in [9.17, 15) is 13.2 Å². The minimum Gasteiger partial charge on any atom is -0.494 e. The van der Waals surface area contributed by atoms with E-state index in [0.717, 1.165) is 11.1 Å². The van der Waals surface area contributed by atoms with Crippen molar-refractivity contribution in [2.45, 2.75) is 38.7 Å². The summed E-state index contributed by atoms with van der Waals surface area (Å²) in [5, 5.41) is 2.75. The molecule has 8 heteroatoms. The SMILES string of the molecule is CCOc1ccc(NS(=O)(=O)c2ccc(NC(=O)C(C)Oc3cc(C)ccc3C)cc2)cc1. The van der Waals surface area contributed by atoms with Gasteiger partial charge in [-0.2, -0.15) is 0 Å². The molecule has 0 heterocycles. The zero-order chi connectivity index (χ0) is 24.0. The molecule has 7 nitrogen and oxygen atoms in total. The minimum absolute atomic E-state index is 0.0778. The Labute approximate surface area is 194 Å². The Balaban J connectivity index is 1.62. The van der Waals surface area contributed by atoms with Gasteiger partial charge in [-0.25, -0.2) is 8.42 Å². The van der Waals surface area contributed by atoms with Crippen LogP contribution in [0.15, 0.2) is 71.6 Å². The van der Waals surface area contributed by atoms with Crippen molar-refractivity contribution in [3.05, 3.63) is 77.9 Å². The van der Waals surface area contributed by atoms with E-state index < -0.39 is 16.1 Å². The summed E-state index contributed by atoms with van der Waals surface area (Å²) in [5.41, 5.74) is 2.87. The van der Waals surface area contributed by atoms with E-state index in [2.05, 4.69) is 10.0 Å². The first kappa shape index (κ1) is 24.1. The second-order valence-electron chi connectivity index (χ2n) is 7.61. The highest BCUT2D eigenvalue weighted by Crippen LogP contribution is 2.22. The minimum atomic E-state index is -3.78. The fraction of sp³-hybridized carbons (Fsp3) is 0.240. The number of rotatable bonds is 9. The van der Waals surface area contributed by atoms with Crippen LogP contribution in [0.3, 0.4) is 0 Å². The molecule has 174 valence electrons. The van der Waals surface area contributed by atoms with Crippen LogP contribution < -0.4 is 19.5 Å². The number of hydrogen-bond acceptors (Lipinski definition) is 5. The van der Waals surface area contributed by atoms with Crippen LogP contribution in [0.25, 0.3) is 0 Å². The van der Waals surface area contributed by atoms with Crippen molar-refractivity contribution in [2.24, 2.45) is 0 Å². The average molecular weight is 469 g/mol. The summed E-state index contributed by atoms with van der Waals surface area (Å²) < 4.78 is 39.0. The van der Waals surface area contributed by atoms with E-state index >= 15 is 0 Å². The fourth-order valence-corrected chi connectivity index (χ4v) is 4.10. The number of carbonyl (C=O) groups excluding carboxylic acids is 1. The molecule has 2 N–H and O–H groups in total. The molecule has 1 unspecified atom stereocenters. The van der Waals surface area contributed by atoms with Gasteiger partial charge in [0.2, 0.25) is 0 Å². The maximum Gasteiger partial charge on any atom is 0.265 e. The predicted octanol–water partition coefficient (Wildman–Crippen LogP) is 4.91. The predicted molar refractivity (Wildman–Crippen MR) is 129 cm³/mol. The summed E-state index contributed by atoms with van der Waals surface area (Å²) in [6, 6.07) is 18.4. The molecule has 0 aliphatic carbocycles. The Morgan fingerprint density at radius 1 is 0.939 bits per heavy atom. The highest BCUT2D eigenvalue weighted by molar-refractivity contribution is 7.92. The third-order valence-electron chi connectivity index (χ3n) is 4.87. The highest BCUT2D eigenvalue weighted by Gasteiger charge is 2.18. The molecule has 0 aliphatic heterocycles. The normalized spacial score (nSPS) is 12.0. The van der Waals surface area contributed by atoms with Crippen molar-refractivity contribution in [3.63, 3.8) is 0 Å². The van der Waals surface area contributed by atoms with E-state index in [0.29, 0.717) is 29.5 Å². The van der Waals surface area contributed by atoms with Crippen LogP contribution in [0.5, 0.6) is 11.5 Å². The smallest absolute Gasteiger partial charge is 0.265 e. The van der Waals surface area contributed by atoms with Gasteiger partial charge in [0.05, 0.1) is 11.5 Å². The van der Waals surface area contributed by atoms with E-state index in [1.807, 2.05) is 39.0 Å². The van der Waals surface area contributed by atoms with Gasteiger partial charge in [0.25, 0.3) is 15.9 Å². The number of anilines is 2. The van der Waals surface area contributed by atoms with Crippen LogP contribution in [0.4, 0.5) is 11.4 Å². The summed E-state index contributed by atoms with van der Waals surface area (Å²) in [6.45, 7) is 7.94. The number of aryl methyl sites for hydroxylation is 2. The number of carbonyl (C=O) groups is 1. The number of sulfonamides is 1. The van der Waals surface area contributed by atoms with Crippen molar-refractivity contribution in [1.29, 1.82) is 0 Å². The lowest BCUT2D eigenvalue weighted by Crippen LogP contribution is -2.30. The molecule has 0 saturated carbocycles. The topological polar surface area (TPSA) is 93.7 Å². The Hall–Kier alpha value is -3.52. The zero-order valence-corrected chi connectivity index (χ0v) is 19.9. The van der Waals surface area contributed by atoms with Gasteiger partial charge in [-0.1, -0.05) is 12.1 Å². The van der Waals surface area contributed by atoms with Gasteiger partial charge in [0.15, 0.2) is 6.10 Å². The van der Waals surface area contributed by atoms with Crippen molar-refractivity contribution in [1.82, 2.24) is 0 Å². The molecular weight excluding hydrogens is 440 g/mol. The summed E-state index contributed by atoms with van der Waals surface area (Å²) >= 11 is 0. The Morgan fingerprint density at radius 2 is 1.58 bits per heavy atom. The molecule has 3 rings (SSSR count). The number of nitrogens with one attached hydrogen (secondary N) is 2. The van der Waals surface area contributed by atoms with Gasteiger partial charge in [0.1, 0.15) is 11.5 Å². The quantitative estimate of drug-likeness (QED) is 0.465. The van der Waals surface area contributed by atoms with Crippen molar-refractivity contribution in [2.75, 3.05) is 16.6 Å². The van der Waals surface area contributed by atoms with Crippen molar-refractivity contribution < 1.29 is 22.7 Å². The monoisotopic (exact) mass is 468 g/mol. The molecule has 33 heavy (non-hydrogen) atoms. The molecule has 0 aromatic heterocycles. The molecule has 1 amide bonds. The van der Waals surface area contributed by atoms with Crippen molar-refractivity contribution in [3.8, 4) is 11.5 Å². The van der Waals surface area contributed by atoms with Gasteiger partial charge in [-0.15, -0.1) is 0 Å². The van der Waals surface area contributed by atoms with Gasteiger partial charge in [-0.3, -0.25) is 9.52 Å². The molecule has 0 saturated heterocycles. The molecular formula is C25H28N2O5S. The Bertz CT molecular complexity index is 1210. The summed E-state index contributed by atoms with van der Waals surface area (Å²) in [7, 11) is -3.78. The molecule has 3 aromatic carbocycles. The number of amides is 1. The first-order valence-electron chi connectivity index (χ1n) is 10.6. The third-order valence-corrected chi connectivity index (χ3v) is 6.26. The molecule has 0 radical (unpaired) electrons.